The van der Waals surface area contributed by atoms with Gasteiger partial charge in [0.25, 0.3) is 0 Å². The maximum atomic E-state index is 10.9. The van der Waals surface area contributed by atoms with Crippen LogP contribution in [0.5, 0.6) is 0 Å². The molecule has 144 valence electrons. The molecule has 0 bridgehead atoms. The average molecular weight is 391 g/mol. The Balaban J connectivity index is 1.59. The molecule has 28 heavy (non-hydrogen) atoms. The monoisotopic (exact) mass is 390 g/mol. The zero-order valence-electron chi connectivity index (χ0n) is 17.0. The van der Waals surface area contributed by atoms with Crippen molar-refractivity contribution in [2.24, 2.45) is 10.6 Å². The summed E-state index contributed by atoms with van der Waals surface area (Å²) in [4.78, 5) is 15.8. The Labute approximate surface area is 170 Å². The van der Waals surface area contributed by atoms with Crippen molar-refractivity contribution >= 4 is 17.0 Å². The van der Waals surface area contributed by atoms with E-state index in [0.717, 1.165) is 34.7 Å². The van der Waals surface area contributed by atoms with Crippen LogP contribution in [0.3, 0.4) is 0 Å². The van der Waals surface area contributed by atoms with E-state index in [1.807, 2.05) is 19.9 Å². The number of aryl methyl sites for hydroxylation is 3. The topological polar surface area (TPSA) is 42.3 Å². The van der Waals surface area contributed by atoms with Crippen LogP contribution in [0.25, 0.3) is 10.6 Å². The molecule has 0 radical (unpaired) electrons. The Morgan fingerprint density at radius 2 is 1.93 bits per heavy atom. The van der Waals surface area contributed by atoms with Gasteiger partial charge in [-0.3, -0.25) is 0 Å². The first-order chi connectivity index (χ1) is 13.3. The predicted molar refractivity (Wildman–Crippen MR) is 118 cm³/mol. The quantitative estimate of drug-likeness (QED) is 0.453. The van der Waals surface area contributed by atoms with Gasteiger partial charge in [-0.25, -0.2) is 4.98 Å². The van der Waals surface area contributed by atoms with Gasteiger partial charge in [0.05, 0.1) is 5.69 Å². The molecule has 1 aliphatic rings. The van der Waals surface area contributed by atoms with Crippen molar-refractivity contribution in [3.8, 4) is 10.6 Å². The predicted octanol–water partition coefficient (Wildman–Crippen LogP) is 6.93. The highest BCUT2D eigenvalue weighted by Gasteiger charge is 2.25. The van der Waals surface area contributed by atoms with E-state index in [1.165, 1.54) is 35.1 Å². The van der Waals surface area contributed by atoms with E-state index < -0.39 is 0 Å². The molecule has 4 heteroatoms. The van der Waals surface area contributed by atoms with Gasteiger partial charge in [0, 0.05) is 17.4 Å². The molecule has 0 spiro atoms. The van der Waals surface area contributed by atoms with Crippen molar-refractivity contribution in [2.45, 2.75) is 53.4 Å². The lowest BCUT2D eigenvalue weighted by Gasteiger charge is -2.31. The van der Waals surface area contributed by atoms with Gasteiger partial charge in [0.15, 0.2) is 0 Å². The van der Waals surface area contributed by atoms with Gasteiger partial charge in [0.2, 0.25) is 0 Å². The number of thiazole rings is 1. The molecule has 0 atom stereocenters. The van der Waals surface area contributed by atoms with Crippen LogP contribution in [0.1, 0.15) is 53.8 Å². The number of nitroso groups, excluding NO2 is 1. The Hall–Kier alpha value is -2.33. The third kappa shape index (κ3) is 3.79. The third-order valence-corrected chi connectivity index (χ3v) is 6.81. The number of rotatable bonds is 4. The average Bonchev–Trinajstić information content (AvgIpc) is 3.11. The number of nitrogens with zero attached hydrogens (tertiary/aromatic N) is 2. The van der Waals surface area contributed by atoms with Crippen LogP contribution in [0.2, 0.25) is 0 Å². The van der Waals surface area contributed by atoms with Gasteiger partial charge in [-0.1, -0.05) is 32.0 Å². The molecule has 3 aromatic rings. The summed E-state index contributed by atoms with van der Waals surface area (Å²) in [6.07, 6.45) is 4.36. The van der Waals surface area contributed by atoms with Crippen LogP contribution in [-0.2, 0) is 19.3 Å². The van der Waals surface area contributed by atoms with Crippen LogP contribution in [0.15, 0.2) is 40.9 Å². The van der Waals surface area contributed by atoms with E-state index in [1.54, 1.807) is 11.3 Å². The number of benzene rings is 2. The molecule has 4 rings (SSSR count). The molecule has 0 saturated heterocycles. The Morgan fingerprint density at radius 3 is 2.71 bits per heavy atom. The second kappa shape index (κ2) is 7.25. The number of aromatic nitrogens is 1. The minimum Gasteiger partial charge on any atom is -0.241 e. The van der Waals surface area contributed by atoms with Gasteiger partial charge >= 0.3 is 0 Å². The fourth-order valence-electron chi connectivity index (χ4n) is 4.11. The lowest BCUT2D eigenvalue weighted by molar-refractivity contribution is 0.315. The number of fused-ring (bicyclic) bond motifs is 1. The fraction of sp³-hybridized carbons (Fsp3) is 0.375. The van der Waals surface area contributed by atoms with Crippen molar-refractivity contribution in [1.29, 1.82) is 0 Å². The van der Waals surface area contributed by atoms with E-state index in [2.05, 4.69) is 48.7 Å². The highest BCUT2D eigenvalue weighted by Crippen LogP contribution is 2.37. The summed E-state index contributed by atoms with van der Waals surface area (Å²) in [5.41, 5.74) is 9.40. The first-order valence-corrected chi connectivity index (χ1v) is 10.7. The first-order valence-electron chi connectivity index (χ1n) is 9.85. The molecule has 1 aromatic heterocycles. The summed E-state index contributed by atoms with van der Waals surface area (Å²) in [7, 11) is 0. The van der Waals surface area contributed by atoms with Crippen molar-refractivity contribution in [3.63, 3.8) is 0 Å². The number of hydrogen-bond acceptors (Lipinski definition) is 4. The summed E-state index contributed by atoms with van der Waals surface area (Å²) >= 11 is 1.71. The Morgan fingerprint density at radius 1 is 1.11 bits per heavy atom. The van der Waals surface area contributed by atoms with Crippen molar-refractivity contribution in [2.75, 3.05) is 0 Å². The van der Waals surface area contributed by atoms with Crippen molar-refractivity contribution < 1.29 is 0 Å². The lowest BCUT2D eigenvalue weighted by Crippen LogP contribution is -2.22. The highest BCUT2D eigenvalue weighted by molar-refractivity contribution is 7.13. The van der Waals surface area contributed by atoms with Crippen LogP contribution in [0.4, 0.5) is 5.69 Å². The van der Waals surface area contributed by atoms with E-state index in [9.17, 15) is 4.91 Å². The minimum absolute atomic E-state index is 0.386. The standard InChI is InChI=1S/C24H26N2OS/c1-15-10-22(26-27)16(2)9-19(15)12-21-14-28-23(25-21)18-6-5-17-7-8-24(3,4)13-20(17)11-18/h5-6,9-11,14H,7-8,12-13H2,1-4H3. The van der Waals surface area contributed by atoms with Crippen molar-refractivity contribution in [3.05, 3.63) is 74.1 Å². The molecule has 0 saturated carbocycles. The van der Waals surface area contributed by atoms with E-state index >= 15 is 0 Å². The van der Waals surface area contributed by atoms with Crippen LogP contribution >= 0.6 is 11.3 Å². The molecule has 2 aromatic carbocycles. The molecular formula is C24H26N2OS. The summed E-state index contributed by atoms with van der Waals surface area (Å²) in [6.45, 7) is 8.68. The molecule has 0 aliphatic heterocycles. The largest absolute Gasteiger partial charge is 0.241 e. The summed E-state index contributed by atoms with van der Waals surface area (Å²) in [5.74, 6) is 0. The van der Waals surface area contributed by atoms with Gasteiger partial charge in [0.1, 0.15) is 10.7 Å². The highest BCUT2D eigenvalue weighted by atomic mass is 32.1. The maximum absolute atomic E-state index is 10.9. The second-order valence-electron chi connectivity index (χ2n) is 8.80. The van der Waals surface area contributed by atoms with Gasteiger partial charge in [-0.05, 0) is 83.7 Å². The Bertz CT molecular complexity index is 1050. The van der Waals surface area contributed by atoms with E-state index in [-0.39, 0.29) is 0 Å². The van der Waals surface area contributed by atoms with Crippen LogP contribution in [0, 0.1) is 24.2 Å². The summed E-state index contributed by atoms with van der Waals surface area (Å²) in [6, 6.07) is 10.8. The van der Waals surface area contributed by atoms with Crippen LogP contribution < -0.4 is 0 Å². The normalized spacial score (nSPS) is 15.3. The lowest BCUT2D eigenvalue weighted by atomic mass is 9.74. The summed E-state index contributed by atoms with van der Waals surface area (Å²) in [5, 5.41) is 6.34. The van der Waals surface area contributed by atoms with E-state index in [0.29, 0.717) is 11.1 Å². The molecule has 1 heterocycles. The van der Waals surface area contributed by atoms with Crippen LogP contribution in [-0.4, -0.2) is 4.98 Å². The Kier molecular flexibility index (Phi) is 4.92. The third-order valence-electron chi connectivity index (χ3n) is 5.87. The summed E-state index contributed by atoms with van der Waals surface area (Å²) < 4.78 is 0. The molecule has 0 unspecified atom stereocenters. The number of hydrogen-bond donors (Lipinski definition) is 0. The van der Waals surface area contributed by atoms with Gasteiger partial charge in [-0.15, -0.1) is 16.2 Å². The first kappa shape index (κ1) is 19.0. The van der Waals surface area contributed by atoms with Crippen molar-refractivity contribution in [1.82, 2.24) is 4.98 Å². The SMILES string of the molecule is Cc1cc(N=O)c(C)cc1Cc1csc(-c2ccc3c(c2)CC(C)(C)CC3)n1. The second-order valence-corrected chi connectivity index (χ2v) is 9.66. The zero-order chi connectivity index (χ0) is 19.9. The maximum Gasteiger partial charge on any atom is 0.123 e. The molecular weight excluding hydrogens is 364 g/mol. The molecule has 1 aliphatic carbocycles. The molecule has 0 N–H and O–H groups in total. The van der Waals surface area contributed by atoms with Gasteiger partial charge in [-0.2, -0.15) is 0 Å². The fourth-order valence-corrected chi connectivity index (χ4v) is 4.93. The smallest absolute Gasteiger partial charge is 0.123 e. The zero-order valence-corrected chi connectivity index (χ0v) is 17.8. The molecule has 3 nitrogen and oxygen atoms in total. The molecule has 0 fully saturated rings. The minimum atomic E-state index is 0.386. The van der Waals surface area contributed by atoms with Gasteiger partial charge < -0.3 is 0 Å². The van der Waals surface area contributed by atoms with E-state index in [4.69, 9.17) is 4.98 Å². The molecule has 0 amide bonds.